The van der Waals surface area contributed by atoms with Gasteiger partial charge in [0.2, 0.25) is 11.8 Å². The number of nitrogens with two attached hydrogens (primary N) is 1. The summed E-state index contributed by atoms with van der Waals surface area (Å²) in [5.41, 5.74) is 1.97. The highest BCUT2D eigenvalue weighted by Crippen LogP contribution is 1.88. The van der Waals surface area contributed by atoms with Crippen molar-refractivity contribution in [2.45, 2.75) is 12.8 Å². The van der Waals surface area contributed by atoms with Gasteiger partial charge in [-0.15, -0.1) is 0 Å². The number of nitrogens with one attached hydrogen (secondary N) is 2. The fourth-order valence-electron chi connectivity index (χ4n) is 2.14. The molecule has 0 fully saturated rings. The summed E-state index contributed by atoms with van der Waals surface area (Å²) >= 11 is 0. The van der Waals surface area contributed by atoms with Gasteiger partial charge in [0.15, 0.2) is 0 Å². The molecule has 0 bridgehead atoms. The van der Waals surface area contributed by atoms with Crippen LogP contribution in [0.1, 0.15) is 12.8 Å². The lowest BCUT2D eigenvalue weighted by atomic mass is 10.3. The summed E-state index contributed by atoms with van der Waals surface area (Å²) in [7, 11) is 0. The molecular formula is C20H41N3O10. The molecule has 0 radical (unpaired) electrons. The topological polar surface area (TPSA) is 169 Å². The predicted molar refractivity (Wildman–Crippen MR) is 117 cm³/mol. The maximum atomic E-state index is 11.4. The number of carbonyl (C=O) groups excluding carboxylic acids is 2. The minimum atomic E-state index is -0.378. The van der Waals surface area contributed by atoms with Gasteiger partial charge in [0, 0.05) is 19.4 Å². The van der Waals surface area contributed by atoms with Gasteiger partial charge in [-0.1, -0.05) is 0 Å². The Morgan fingerprint density at radius 1 is 0.545 bits per heavy atom. The first-order valence-electron chi connectivity index (χ1n) is 11.1. The van der Waals surface area contributed by atoms with Crippen LogP contribution in [0.5, 0.6) is 0 Å². The number of rotatable bonds is 26. The maximum absolute atomic E-state index is 11.4. The van der Waals surface area contributed by atoms with Crippen molar-refractivity contribution in [1.29, 1.82) is 0 Å². The molecule has 0 heterocycles. The summed E-state index contributed by atoms with van der Waals surface area (Å²) in [6, 6.07) is 0. The predicted octanol–water partition coefficient (Wildman–Crippen LogP) is -2.02. The van der Waals surface area contributed by atoms with Gasteiger partial charge in [0.05, 0.1) is 99.1 Å². The highest BCUT2D eigenvalue weighted by molar-refractivity contribution is 5.83. The molecule has 0 unspecified atom stereocenters. The van der Waals surface area contributed by atoms with Crippen LogP contribution in [-0.2, 0) is 42.7 Å². The van der Waals surface area contributed by atoms with Gasteiger partial charge in [-0.25, -0.2) is 5.84 Å². The number of hydrazine groups is 1. The Morgan fingerprint density at radius 2 is 0.879 bits per heavy atom. The second kappa shape index (κ2) is 26.8. The Hall–Kier alpha value is -1.42. The van der Waals surface area contributed by atoms with E-state index in [1.807, 2.05) is 5.43 Å². The molecule has 0 aliphatic carbocycles. The molecule has 0 saturated carbocycles. The van der Waals surface area contributed by atoms with Gasteiger partial charge in [-0.3, -0.25) is 15.0 Å². The van der Waals surface area contributed by atoms with Crippen LogP contribution in [0, 0.1) is 0 Å². The summed E-state index contributed by atoms with van der Waals surface area (Å²) in [6.07, 6.45) is 0.144. The fourth-order valence-corrected chi connectivity index (χ4v) is 2.14. The van der Waals surface area contributed by atoms with E-state index in [1.54, 1.807) is 0 Å². The smallest absolute Gasteiger partial charge is 0.234 e. The number of ether oxygens (including phenoxy) is 7. The molecule has 0 saturated heterocycles. The van der Waals surface area contributed by atoms with Crippen LogP contribution >= 0.6 is 0 Å². The molecule has 0 aliphatic heterocycles. The zero-order chi connectivity index (χ0) is 24.2. The standard InChI is InChI=1S/C20H41N3O10/c21-23-20(26)2-1-19(25)22-3-5-27-7-9-29-11-13-31-15-17-33-18-16-32-14-12-30-10-8-28-6-4-24/h24H,1-18,21H2,(H,22,25)(H,23,26). The Balaban J connectivity index is 3.10. The van der Waals surface area contributed by atoms with E-state index in [2.05, 4.69) is 5.32 Å². The lowest BCUT2D eigenvalue weighted by Crippen LogP contribution is -2.32. The SMILES string of the molecule is NNC(=O)CCC(=O)NCCOCCOCCOCCOCCOCCOCCOCCO. The van der Waals surface area contributed by atoms with Crippen molar-refractivity contribution < 1.29 is 47.9 Å². The lowest BCUT2D eigenvalue weighted by molar-refractivity contribution is -0.126. The molecule has 196 valence electrons. The van der Waals surface area contributed by atoms with Gasteiger partial charge in [-0.2, -0.15) is 0 Å². The molecule has 0 aromatic rings. The molecule has 0 spiro atoms. The summed E-state index contributed by atoms with van der Waals surface area (Å²) < 4.78 is 37.2. The molecular weight excluding hydrogens is 442 g/mol. The van der Waals surface area contributed by atoms with Crippen molar-refractivity contribution in [2.75, 3.05) is 106 Å². The quantitative estimate of drug-likeness (QED) is 0.0464. The third-order valence-electron chi connectivity index (χ3n) is 3.78. The minimum absolute atomic E-state index is 0.0182. The maximum Gasteiger partial charge on any atom is 0.234 e. The van der Waals surface area contributed by atoms with E-state index in [0.29, 0.717) is 99.0 Å². The molecule has 2 amide bonds. The van der Waals surface area contributed by atoms with Crippen LogP contribution < -0.4 is 16.6 Å². The van der Waals surface area contributed by atoms with Crippen molar-refractivity contribution >= 4 is 11.8 Å². The van der Waals surface area contributed by atoms with Gasteiger partial charge in [0.1, 0.15) is 0 Å². The number of amides is 2. The molecule has 33 heavy (non-hydrogen) atoms. The Labute approximate surface area is 195 Å². The molecule has 0 aliphatic rings. The van der Waals surface area contributed by atoms with E-state index in [9.17, 15) is 9.59 Å². The van der Waals surface area contributed by atoms with Crippen LogP contribution in [0.3, 0.4) is 0 Å². The van der Waals surface area contributed by atoms with E-state index >= 15 is 0 Å². The van der Waals surface area contributed by atoms with Crippen molar-refractivity contribution in [3.63, 3.8) is 0 Å². The van der Waals surface area contributed by atoms with Gasteiger partial charge < -0.3 is 43.6 Å². The van der Waals surface area contributed by atoms with Crippen molar-refractivity contribution in [1.82, 2.24) is 10.7 Å². The first-order chi connectivity index (χ1) is 16.2. The number of aliphatic hydroxyl groups is 1. The molecule has 0 atom stereocenters. The van der Waals surface area contributed by atoms with Crippen molar-refractivity contribution in [3.8, 4) is 0 Å². The average molecular weight is 484 g/mol. The summed E-state index contributed by atoms with van der Waals surface area (Å²) in [5.74, 6) is 4.33. The van der Waals surface area contributed by atoms with Crippen molar-refractivity contribution in [3.05, 3.63) is 0 Å². The third-order valence-corrected chi connectivity index (χ3v) is 3.78. The Kier molecular flexibility index (Phi) is 25.7. The fraction of sp³-hybridized carbons (Fsp3) is 0.900. The molecule has 13 heteroatoms. The van der Waals surface area contributed by atoms with Gasteiger partial charge in [0.25, 0.3) is 0 Å². The van der Waals surface area contributed by atoms with Crippen LogP contribution in [0.2, 0.25) is 0 Å². The second-order valence-corrected chi connectivity index (χ2v) is 6.43. The lowest BCUT2D eigenvalue weighted by Gasteiger charge is -2.08. The molecule has 0 aromatic carbocycles. The van der Waals surface area contributed by atoms with E-state index in [1.165, 1.54) is 0 Å². The van der Waals surface area contributed by atoms with E-state index < -0.39 is 0 Å². The average Bonchev–Trinajstić information content (AvgIpc) is 2.82. The van der Waals surface area contributed by atoms with Crippen LogP contribution in [0.25, 0.3) is 0 Å². The Morgan fingerprint density at radius 3 is 1.24 bits per heavy atom. The van der Waals surface area contributed by atoms with E-state index in [0.717, 1.165) is 0 Å². The molecule has 0 rings (SSSR count). The first kappa shape index (κ1) is 31.6. The van der Waals surface area contributed by atoms with E-state index in [-0.39, 0.29) is 31.3 Å². The summed E-state index contributed by atoms with van der Waals surface area (Å²) in [4.78, 5) is 22.3. The van der Waals surface area contributed by atoms with Crippen LogP contribution in [0.4, 0.5) is 0 Å². The highest BCUT2D eigenvalue weighted by atomic mass is 16.6. The first-order valence-corrected chi connectivity index (χ1v) is 11.1. The monoisotopic (exact) mass is 483 g/mol. The molecule has 0 aromatic heterocycles. The molecule has 5 N–H and O–H groups in total. The van der Waals surface area contributed by atoms with Gasteiger partial charge >= 0.3 is 0 Å². The normalized spacial score (nSPS) is 11.0. The summed E-state index contributed by atoms with van der Waals surface area (Å²) in [5, 5.41) is 11.2. The summed E-state index contributed by atoms with van der Waals surface area (Å²) in [6.45, 7) is 6.70. The third kappa shape index (κ3) is 26.7. The van der Waals surface area contributed by atoms with E-state index in [4.69, 9.17) is 44.1 Å². The number of hydrogen-bond donors (Lipinski definition) is 4. The number of hydrogen-bond acceptors (Lipinski definition) is 11. The zero-order valence-electron chi connectivity index (χ0n) is 19.4. The van der Waals surface area contributed by atoms with Gasteiger partial charge in [-0.05, 0) is 0 Å². The Bertz CT molecular complexity index is 446. The minimum Gasteiger partial charge on any atom is -0.394 e. The molecule has 13 nitrogen and oxygen atoms in total. The number of aliphatic hydroxyl groups excluding tert-OH is 1. The zero-order valence-corrected chi connectivity index (χ0v) is 19.4. The van der Waals surface area contributed by atoms with Crippen LogP contribution in [-0.4, -0.2) is 123 Å². The number of carbonyl (C=O) groups is 2. The second-order valence-electron chi connectivity index (χ2n) is 6.43. The van der Waals surface area contributed by atoms with Crippen molar-refractivity contribution in [2.24, 2.45) is 5.84 Å². The highest BCUT2D eigenvalue weighted by Gasteiger charge is 2.04. The largest absolute Gasteiger partial charge is 0.394 e. The van der Waals surface area contributed by atoms with Crippen LogP contribution in [0.15, 0.2) is 0 Å².